The van der Waals surface area contributed by atoms with Crippen molar-refractivity contribution >= 4 is 10.1 Å². The second kappa shape index (κ2) is 5.83. The molecular weight excluding hydrogens is 331 g/mol. The van der Waals surface area contributed by atoms with Gasteiger partial charge in [0, 0.05) is 25.6 Å². The summed E-state index contributed by atoms with van der Waals surface area (Å²) in [4.78, 5) is 2.16. The quantitative estimate of drug-likeness (QED) is 0.620. The minimum atomic E-state index is -5.58. The Labute approximate surface area is 132 Å². The number of nitrogens with zero attached hydrogens (tertiary/aromatic N) is 1. The molecule has 3 rings (SSSR count). The monoisotopic (exact) mass is 347 g/mol. The Hall–Kier alpha value is -1.54. The van der Waals surface area contributed by atoms with E-state index in [0.717, 1.165) is 12.0 Å². The van der Waals surface area contributed by atoms with Crippen LogP contribution in [0, 0.1) is 5.92 Å². The van der Waals surface area contributed by atoms with E-state index in [1.54, 1.807) is 0 Å². The molecule has 8 heteroatoms. The Kier molecular flexibility index (Phi) is 4.14. The highest BCUT2D eigenvalue weighted by atomic mass is 32.2. The maximum atomic E-state index is 12.4. The van der Waals surface area contributed by atoms with Crippen LogP contribution >= 0.6 is 0 Å². The molecule has 1 heterocycles. The predicted molar refractivity (Wildman–Crippen MR) is 77.5 cm³/mol. The van der Waals surface area contributed by atoms with Gasteiger partial charge in [-0.05, 0) is 24.0 Å². The van der Waals surface area contributed by atoms with Gasteiger partial charge < -0.3 is 4.18 Å². The lowest BCUT2D eigenvalue weighted by Crippen LogP contribution is -2.30. The van der Waals surface area contributed by atoms with Crippen molar-refractivity contribution in [2.75, 3.05) is 6.54 Å². The van der Waals surface area contributed by atoms with Crippen LogP contribution in [-0.4, -0.2) is 31.4 Å². The Morgan fingerprint density at radius 3 is 2.57 bits per heavy atom. The molecule has 1 aromatic rings. The minimum Gasteiger partial charge on any atom is -0.381 e. The maximum absolute atomic E-state index is 12.4. The third-order valence-corrected chi connectivity index (χ3v) is 5.15. The average Bonchev–Trinajstić information content (AvgIpc) is 2.72. The summed E-state index contributed by atoms with van der Waals surface area (Å²) in [6.45, 7) is 1.38. The standard InChI is InChI=1S/C15H16F3NO3S/c16-15(17,18)23(20,21)22-14-7-12-6-13(8-14)19(10-12)9-11-4-2-1-3-5-11/h1-5,7,12-13H,6,8-10H2. The van der Waals surface area contributed by atoms with Crippen molar-refractivity contribution in [2.45, 2.75) is 30.9 Å². The molecule has 2 bridgehead atoms. The summed E-state index contributed by atoms with van der Waals surface area (Å²) in [5, 5.41) is 0. The smallest absolute Gasteiger partial charge is 0.381 e. The average molecular weight is 347 g/mol. The zero-order valence-corrected chi connectivity index (χ0v) is 13.0. The van der Waals surface area contributed by atoms with E-state index >= 15 is 0 Å². The molecule has 1 aliphatic carbocycles. The fourth-order valence-electron chi connectivity index (χ4n) is 3.18. The van der Waals surface area contributed by atoms with Crippen LogP contribution in [0.5, 0.6) is 0 Å². The first-order valence-electron chi connectivity index (χ1n) is 7.24. The molecule has 1 saturated heterocycles. The molecular formula is C15H16F3NO3S. The van der Waals surface area contributed by atoms with Crippen LogP contribution in [-0.2, 0) is 20.8 Å². The number of hydrogen-bond acceptors (Lipinski definition) is 4. The molecule has 0 aromatic heterocycles. The highest BCUT2D eigenvalue weighted by molar-refractivity contribution is 7.87. The van der Waals surface area contributed by atoms with Crippen molar-refractivity contribution in [3.63, 3.8) is 0 Å². The van der Waals surface area contributed by atoms with Crippen molar-refractivity contribution in [3.05, 3.63) is 47.7 Å². The molecule has 0 saturated carbocycles. The number of fused-ring (bicyclic) bond motifs is 2. The van der Waals surface area contributed by atoms with Gasteiger partial charge in [0.25, 0.3) is 0 Å². The topological polar surface area (TPSA) is 46.6 Å². The molecule has 1 aromatic carbocycles. The van der Waals surface area contributed by atoms with Gasteiger partial charge in [-0.2, -0.15) is 21.6 Å². The number of halogens is 3. The van der Waals surface area contributed by atoms with Gasteiger partial charge in [-0.25, -0.2) is 0 Å². The van der Waals surface area contributed by atoms with E-state index in [4.69, 9.17) is 0 Å². The van der Waals surface area contributed by atoms with Crippen LogP contribution < -0.4 is 0 Å². The number of benzene rings is 1. The minimum absolute atomic E-state index is 0.00337. The summed E-state index contributed by atoms with van der Waals surface area (Å²) in [7, 11) is -5.58. The van der Waals surface area contributed by atoms with Gasteiger partial charge >= 0.3 is 15.6 Å². The lowest BCUT2D eigenvalue weighted by Gasteiger charge is -2.25. The van der Waals surface area contributed by atoms with E-state index < -0.39 is 15.6 Å². The first-order chi connectivity index (χ1) is 10.7. The van der Waals surface area contributed by atoms with Crippen LogP contribution in [0.3, 0.4) is 0 Å². The van der Waals surface area contributed by atoms with Crippen LogP contribution in [0.2, 0.25) is 0 Å². The highest BCUT2D eigenvalue weighted by Crippen LogP contribution is 2.38. The molecule has 2 unspecified atom stereocenters. The van der Waals surface area contributed by atoms with Crippen LogP contribution in [0.15, 0.2) is 42.2 Å². The van der Waals surface area contributed by atoms with Gasteiger partial charge in [-0.1, -0.05) is 30.3 Å². The maximum Gasteiger partial charge on any atom is 0.534 e. The van der Waals surface area contributed by atoms with Crippen molar-refractivity contribution in [1.82, 2.24) is 4.90 Å². The molecule has 1 aliphatic heterocycles. The van der Waals surface area contributed by atoms with Gasteiger partial charge in [0.1, 0.15) is 5.76 Å². The number of rotatable bonds is 4. The van der Waals surface area contributed by atoms with E-state index in [1.165, 1.54) is 6.08 Å². The fraction of sp³-hybridized carbons (Fsp3) is 0.467. The highest BCUT2D eigenvalue weighted by Gasteiger charge is 2.49. The third-order valence-electron chi connectivity index (χ3n) is 4.15. The van der Waals surface area contributed by atoms with E-state index in [9.17, 15) is 21.6 Å². The summed E-state index contributed by atoms with van der Waals surface area (Å²) in [5.74, 6) is -0.0740. The first-order valence-corrected chi connectivity index (χ1v) is 8.65. The zero-order chi connectivity index (χ0) is 16.7. The molecule has 1 fully saturated rings. The van der Waals surface area contributed by atoms with E-state index in [2.05, 4.69) is 9.08 Å². The summed E-state index contributed by atoms with van der Waals surface area (Å²) in [5.41, 5.74) is -4.28. The van der Waals surface area contributed by atoms with Crippen molar-refractivity contribution in [1.29, 1.82) is 0 Å². The first kappa shape index (κ1) is 16.3. The zero-order valence-electron chi connectivity index (χ0n) is 12.2. The lowest BCUT2D eigenvalue weighted by atomic mass is 9.96. The van der Waals surface area contributed by atoms with E-state index in [1.807, 2.05) is 30.3 Å². The summed E-state index contributed by atoms with van der Waals surface area (Å²) < 4.78 is 63.8. The van der Waals surface area contributed by atoms with Gasteiger partial charge in [0.15, 0.2) is 0 Å². The second-order valence-electron chi connectivity index (χ2n) is 5.88. The normalized spacial score (nSPS) is 25.3. The largest absolute Gasteiger partial charge is 0.534 e. The second-order valence-corrected chi connectivity index (χ2v) is 7.42. The number of hydrogen-bond donors (Lipinski definition) is 0. The van der Waals surface area contributed by atoms with Crippen LogP contribution in [0.1, 0.15) is 18.4 Å². The SMILES string of the molecule is O=S(=O)(OC1=CC2CC(C1)N(Cc1ccccc1)C2)C(F)(F)F. The Balaban J connectivity index is 1.67. The van der Waals surface area contributed by atoms with Crippen LogP contribution in [0.25, 0.3) is 0 Å². The Bertz CT molecular complexity index is 700. The van der Waals surface area contributed by atoms with Gasteiger partial charge in [-0.3, -0.25) is 4.90 Å². The Morgan fingerprint density at radius 1 is 1.22 bits per heavy atom. The summed E-state index contributed by atoms with van der Waals surface area (Å²) in [6.07, 6.45) is 2.51. The third kappa shape index (κ3) is 3.53. The van der Waals surface area contributed by atoms with Gasteiger partial charge in [0.2, 0.25) is 0 Å². The molecule has 0 radical (unpaired) electrons. The molecule has 23 heavy (non-hydrogen) atoms. The summed E-state index contributed by atoms with van der Waals surface area (Å²) >= 11 is 0. The lowest BCUT2D eigenvalue weighted by molar-refractivity contribution is -0.0525. The van der Waals surface area contributed by atoms with Gasteiger partial charge in [-0.15, -0.1) is 0 Å². The summed E-state index contributed by atoms with van der Waals surface area (Å²) in [6, 6.07) is 9.76. The molecule has 4 nitrogen and oxygen atoms in total. The molecule has 0 amide bonds. The number of likely N-dealkylation sites (tertiary alicyclic amines) is 1. The Morgan fingerprint density at radius 2 is 1.91 bits per heavy atom. The molecule has 0 spiro atoms. The molecule has 126 valence electrons. The van der Waals surface area contributed by atoms with E-state index in [0.29, 0.717) is 13.1 Å². The molecule has 2 atom stereocenters. The van der Waals surface area contributed by atoms with Crippen molar-refractivity contribution < 1.29 is 25.8 Å². The molecule has 2 aliphatic rings. The fourth-order valence-corrected chi connectivity index (χ4v) is 3.68. The van der Waals surface area contributed by atoms with E-state index in [-0.39, 0.29) is 24.1 Å². The number of alkyl halides is 3. The van der Waals surface area contributed by atoms with Gasteiger partial charge in [0.05, 0.1) is 0 Å². The van der Waals surface area contributed by atoms with Crippen LogP contribution in [0.4, 0.5) is 13.2 Å². The predicted octanol–water partition coefficient (Wildman–Crippen LogP) is 3.03. The molecule has 0 N–H and O–H groups in total. The van der Waals surface area contributed by atoms with Crippen molar-refractivity contribution in [2.24, 2.45) is 5.92 Å². The van der Waals surface area contributed by atoms with Crippen molar-refractivity contribution in [3.8, 4) is 0 Å².